The maximum absolute atomic E-state index is 6.04. The van der Waals surface area contributed by atoms with Gasteiger partial charge < -0.3 is 4.74 Å². The van der Waals surface area contributed by atoms with Gasteiger partial charge in [0.1, 0.15) is 5.75 Å². The van der Waals surface area contributed by atoms with E-state index >= 15 is 0 Å². The average Bonchev–Trinajstić information content (AvgIpc) is 3.19. The van der Waals surface area contributed by atoms with Crippen LogP contribution < -0.4 is 4.74 Å². The van der Waals surface area contributed by atoms with Gasteiger partial charge in [0.2, 0.25) is 0 Å². The van der Waals surface area contributed by atoms with E-state index in [9.17, 15) is 0 Å². The number of hydrogen-bond donors (Lipinski definition) is 1. The summed E-state index contributed by atoms with van der Waals surface area (Å²) in [6.45, 7) is 3.09. The number of methoxy groups -OCH3 is 1. The van der Waals surface area contributed by atoms with Crippen molar-refractivity contribution in [2.75, 3.05) is 20.2 Å². The zero-order valence-electron chi connectivity index (χ0n) is 15.5. The van der Waals surface area contributed by atoms with Crippen molar-refractivity contribution in [2.45, 2.75) is 25.3 Å². The highest BCUT2D eigenvalue weighted by atomic mass is 35.5. The molecule has 140 valence electrons. The summed E-state index contributed by atoms with van der Waals surface area (Å²) in [5.74, 6) is 1.37. The highest BCUT2D eigenvalue weighted by molar-refractivity contribution is 6.30. The summed E-state index contributed by atoms with van der Waals surface area (Å²) in [4.78, 5) is 2.52. The van der Waals surface area contributed by atoms with Crippen molar-refractivity contribution in [1.29, 1.82) is 0 Å². The van der Waals surface area contributed by atoms with E-state index in [-0.39, 0.29) is 0 Å². The minimum absolute atomic E-state index is 0.456. The van der Waals surface area contributed by atoms with Gasteiger partial charge in [-0.1, -0.05) is 35.9 Å². The number of nitrogens with one attached hydrogen (secondary N) is 1. The second-order valence-corrected chi connectivity index (χ2v) is 7.57. The van der Waals surface area contributed by atoms with E-state index in [0.717, 1.165) is 36.0 Å². The van der Waals surface area contributed by atoms with Gasteiger partial charge in [-0.05, 0) is 54.8 Å². The number of halogens is 1. The van der Waals surface area contributed by atoms with Crippen molar-refractivity contribution in [2.24, 2.45) is 0 Å². The monoisotopic (exact) mass is 381 g/mol. The van der Waals surface area contributed by atoms with E-state index in [2.05, 4.69) is 45.4 Å². The van der Waals surface area contributed by atoms with Crippen molar-refractivity contribution in [1.82, 2.24) is 15.1 Å². The average molecular weight is 382 g/mol. The Kier molecular flexibility index (Phi) is 5.46. The molecule has 0 spiro atoms. The molecule has 1 aliphatic heterocycles. The number of piperidine rings is 1. The standard InChI is InChI=1S/C22H24ClN3O/c1-27-20-6-2-4-16(12-20)14-26-11-3-5-18(15-26)22-21(13-24-25-22)17-7-9-19(23)10-8-17/h2,4,6-10,12-13,18H,3,5,11,14-15H2,1H3,(H,24,25)/t18-/m0/s1. The Hall–Kier alpha value is -2.30. The molecule has 2 heterocycles. The van der Waals surface area contributed by atoms with Gasteiger partial charge in [-0.25, -0.2) is 0 Å². The summed E-state index contributed by atoms with van der Waals surface area (Å²) in [6.07, 6.45) is 4.30. The fourth-order valence-corrected chi connectivity index (χ4v) is 4.06. The van der Waals surface area contributed by atoms with Crippen LogP contribution in [0.2, 0.25) is 5.02 Å². The molecule has 0 unspecified atom stereocenters. The first-order chi connectivity index (χ1) is 13.2. The Morgan fingerprint density at radius 2 is 2.07 bits per heavy atom. The van der Waals surface area contributed by atoms with Crippen molar-refractivity contribution in [3.63, 3.8) is 0 Å². The lowest BCUT2D eigenvalue weighted by Gasteiger charge is -2.32. The molecule has 1 N–H and O–H groups in total. The third kappa shape index (κ3) is 4.18. The molecule has 5 heteroatoms. The summed E-state index contributed by atoms with van der Waals surface area (Å²) < 4.78 is 5.36. The fourth-order valence-electron chi connectivity index (χ4n) is 3.93. The van der Waals surface area contributed by atoms with Crippen LogP contribution in [0.5, 0.6) is 5.75 Å². The largest absolute Gasteiger partial charge is 0.497 e. The number of benzene rings is 2. The summed E-state index contributed by atoms with van der Waals surface area (Å²) in [5, 5.41) is 8.35. The zero-order chi connectivity index (χ0) is 18.6. The van der Waals surface area contributed by atoms with Crippen LogP contribution in [0.4, 0.5) is 0 Å². The number of nitrogens with zero attached hydrogens (tertiary/aromatic N) is 2. The molecule has 27 heavy (non-hydrogen) atoms. The number of H-pyrrole nitrogens is 1. The van der Waals surface area contributed by atoms with E-state index < -0.39 is 0 Å². The lowest BCUT2D eigenvalue weighted by Crippen LogP contribution is -2.34. The van der Waals surface area contributed by atoms with Crippen LogP contribution in [0.3, 0.4) is 0 Å². The molecular weight excluding hydrogens is 358 g/mol. The van der Waals surface area contributed by atoms with E-state index in [1.165, 1.54) is 29.7 Å². The molecular formula is C22H24ClN3O. The fraction of sp³-hybridized carbons (Fsp3) is 0.318. The second-order valence-electron chi connectivity index (χ2n) is 7.13. The zero-order valence-corrected chi connectivity index (χ0v) is 16.2. The SMILES string of the molecule is COc1cccc(CN2CCC[C@H](c3[nH]ncc3-c3ccc(Cl)cc3)C2)c1. The number of aromatic amines is 1. The number of likely N-dealkylation sites (tertiary alicyclic amines) is 1. The molecule has 0 saturated carbocycles. The van der Waals surface area contributed by atoms with Crippen LogP contribution in [-0.4, -0.2) is 35.3 Å². The van der Waals surface area contributed by atoms with Crippen LogP contribution in [0, 0.1) is 0 Å². The van der Waals surface area contributed by atoms with Crippen molar-refractivity contribution in [3.05, 3.63) is 71.0 Å². The van der Waals surface area contributed by atoms with Crippen LogP contribution >= 0.6 is 11.6 Å². The Balaban J connectivity index is 1.50. The molecule has 2 aromatic carbocycles. The number of aromatic nitrogens is 2. The summed E-state index contributed by atoms with van der Waals surface area (Å²) in [7, 11) is 1.71. The molecule has 1 atom stereocenters. The number of ether oxygens (including phenoxy) is 1. The third-order valence-corrected chi connectivity index (χ3v) is 5.53. The molecule has 4 rings (SSSR count). The maximum Gasteiger partial charge on any atom is 0.119 e. The molecule has 0 bridgehead atoms. The molecule has 0 radical (unpaired) electrons. The van der Waals surface area contributed by atoms with E-state index in [1.54, 1.807) is 7.11 Å². The number of hydrogen-bond acceptors (Lipinski definition) is 3. The van der Waals surface area contributed by atoms with Gasteiger partial charge in [-0.15, -0.1) is 0 Å². The van der Waals surface area contributed by atoms with Crippen LogP contribution in [-0.2, 0) is 6.54 Å². The quantitative estimate of drug-likeness (QED) is 0.667. The molecule has 1 fully saturated rings. The van der Waals surface area contributed by atoms with Gasteiger partial charge in [0.15, 0.2) is 0 Å². The van der Waals surface area contributed by atoms with Gasteiger partial charge in [0, 0.05) is 35.3 Å². The Bertz CT molecular complexity index is 891. The minimum atomic E-state index is 0.456. The smallest absolute Gasteiger partial charge is 0.119 e. The molecule has 0 aliphatic carbocycles. The third-order valence-electron chi connectivity index (χ3n) is 5.28. The first-order valence-electron chi connectivity index (χ1n) is 9.37. The number of rotatable bonds is 5. The molecule has 1 aromatic heterocycles. The van der Waals surface area contributed by atoms with Gasteiger partial charge >= 0.3 is 0 Å². The van der Waals surface area contributed by atoms with E-state index in [1.807, 2.05) is 24.4 Å². The van der Waals surface area contributed by atoms with Crippen molar-refractivity contribution < 1.29 is 4.74 Å². The van der Waals surface area contributed by atoms with Crippen LogP contribution in [0.1, 0.15) is 30.0 Å². The van der Waals surface area contributed by atoms with Gasteiger partial charge in [0.05, 0.1) is 13.3 Å². The Morgan fingerprint density at radius 3 is 2.89 bits per heavy atom. The first-order valence-corrected chi connectivity index (χ1v) is 9.75. The molecule has 3 aromatic rings. The Labute approximate surface area is 165 Å². The normalized spacial score (nSPS) is 17.8. The molecule has 1 saturated heterocycles. The van der Waals surface area contributed by atoms with Crippen LogP contribution in [0.25, 0.3) is 11.1 Å². The lowest BCUT2D eigenvalue weighted by atomic mass is 9.90. The Morgan fingerprint density at radius 1 is 1.22 bits per heavy atom. The first kappa shape index (κ1) is 18.1. The summed E-state index contributed by atoms with van der Waals surface area (Å²) in [5.41, 5.74) is 4.86. The molecule has 0 amide bonds. The highest BCUT2D eigenvalue weighted by Gasteiger charge is 2.25. The summed E-state index contributed by atoms with van der Waals surface area (Å²) >= 11 is 6.04. The summed E-state index contributed by atoms with van der Waals surface area (Å²) in [6, 6.07) is 16.3. The molecule has 1 aliphatic rings. The van der Waals surface area contributed by atoms with E-state index in [0.29, 0.717) is 5.92 Å². The second kappa shape index (κ2) is 8.15. The van der Waals surface area contributed by atoms with Crippen LogP contribution in [0.15, 0.2) is 54.7 Å². The van der Waals surface area contributed by atoms with Gasteiger partial charge in [-0.2, -0.15) is 5.10 Å². The van der Waals surface area contributed by atoms with Crippen molar-refractivity contribution in [3.8, 4) is 16.9 Å². The lowest BCUT2D eigenvalue weighted by molar-refractivity contribution is 0.198. The topological polar surface area (TPSA) is 41.1 Å². The minimum Gasteiger partial charge on any atom is -0.497 e. The van der Waals surface area contributed by atoms with Gasteiger partial charge in [0.25, 0.3) is 0 Å². The molecule has 4 nitrogen and oxygen atoms in total. The predicted molar refractivity (Wildman–Crippen MR) is 109 cm³/mol. The maximum atomic E-state index is 6.04. The highest BCUT2D eigenvalue weighted by Crippen LogP contribution is 2.34. The van der Waals surface area contributed by atoms with E-state index in [4.69, 9.17) is 16.3 Å². The van der Waals surface area contributed by atoms with Crippen molar-refractivity contribution >= 4 is 11.6 Å². The van der Waals surface area contributed by atoms with Gasteiger partial charge in [-0.3, -0.25) is 10.00 Å². The predicted octanol–water partition coefficient (Wildman–Crippen LogP) is 5.12.